The third-order valence-electron chi connectivity index (χ3n) is 4.99. The van der Waals surface area contributed by atoms with E-state index in [1.807, 2.05) is 0 Å². The van der Waals surface area contributed by atoms with Gasteiger partial charge in [-0.3, -0.25) is 9.69 Å². The van der Waals surface area contributed by atoms with Gasteiger partial charge in [-0.05, 0) is 41.7 Å². The van der Waals surface area contributed by atoms with Crippen molar-refractivity contribution in [1.82, 2.24) is 9.80 Å². The predicted molar refractivity (Wildman–Crippen MR) is 104 cm³/mol. The van der Waals surface area contributed by atoms with E-state index in [0.717, 1.165) is 32.4 Å². The molecule has 2 fully saturated rings. The van der Waals surface area contributed by atoms with Gasteiger partial charge < -0.3 is 19.5 Å². The van der Waals surface area contributed by atoms with Crippen LogP contribution in [0.4, 0.5) is 13.2 Å². The fourth-order valence-electron chi connectivity index (χ4n) is 3.43. The molecule has 0 bridgehead atoms. The topological polar surface area (TPSA) is 79.3 Å². The van der Waals surface area contributed by atoms with Crippen LogP contribution in [0.15, 0.2) is 16.8 Å². The second kappa shape index (κ2) is 11.1. The van der Waals surface area contributed by atoms with Crippen LogP contribution in [-0.4, -0.2) is 85.1 Å². The number of hydrogen-bond donors (Lipinski definition) is 1. The van der Waals surface area contributed by atoms with E-state index < -0.39 is 12.1 Å². The number of amides is 1. The highest BCUT2D eigenvalue weighted by molar-refractivity contribution is 7.07. The van der Waals surface area contributed by atoms with Crippen molar-refractivity contribution in [1.29, 1.82) is 0 Å². The Labute approximate surface area is 177 Å². The minimum absolute atomic E-state index is 0.00138. The number of carbonyl (C=O) groups excluding carboxylic acids is 1. The van der Waals surface area contributed by atoms with E-state index in [-0.39, 0.29) is 18.6 Å². The highest BCUT2D eigenvalue weighted by Crippen LogP contribution is 2.32. The first-order valence-corrected chi connectivity index (χ1v) is 10.5. The summed E-state index contributed by atoms with van der Waals surface area (Å²) in [4.78, 5) is 24.5. The highest BCUT2D eigenvalue weighted by Gasteiger charge is 2.40. The molecule has 1 amide bonds. The van der Waals surface area contributed by atoms with Gasteiger partial charge in [0, 0.05) is 33.2 Å². The SMILES string of the molecule is CN(C)C(=O)COC[C@H]1CC[C@@H]2[C@@H](CCN2Cc2ccsc2)O1.O=C(O)C(F)(F)F. The van der Waals surface area contributed by atoms with E-state index in [4.69, 9.17) is 19.4 Å². The molecular weight excluding hydrogens is 425 g/mol. The summed E-state index contributed by atoms with van der Waals surface area (Å²) in [5.74, 6) is -2.76. The van der Waals surface area contributed by atoms with Crippen LogP contribution in [-0.2, 0) is 25.6 Å². The molecule has 11 heteroatoms. The lowest BCUT2D eigenvalue weighted by molar-refractivity contribution is -0.192. The number of ether oxygens (including phenoxy) is 2. The number of hydrogen-bond acceptors (Lipinski definition) is 6. The average molecular weight is 452 g/mol. The lowest BCUT2D eigenvalue weighted by Gasteiger charge is -2.36. The molecular formula is C19H27F3N2O5S. The standard InChI is InChI=1S/C17H26N2O3S.C2HF3O2/c1-18(2)17(20)11-21-10-14-3-4-15-16(22-14)5-7-19(15)9-13-6-8-23-12-13;3-2(4,5)1(6)7/h6,8,12,14-16H,3-5,7,9-11H2,1-2H3;(H,6,7)/t14-,15-,16-;/m1./s1. The Hall–Kier alpha value is -1.69. The Morgan fingerprint density at radius 1 is 1.33 bits per heavy atom. The van der Waals surface area contributed by atoms with Crippen molar-refractivity contribution in [2.45, 2.75) is 50.2 Å². The lowest BCUT2D eigenvalue weighted by atomic mass is 9.99. The molecule has 7 nitrogen and oxygen atoms in total. The number of rotatable bonds is 6. The number of aliphatic carboxylic acids is 1. The number of carbonyl (C=O) groups is 2. The smallest absolute Gasteiger partial charge is 0.475 e. The third kappa shape index (κ3) is 7.53. The Morgan fingerprint density at radius 3 is 2.60 bits per heavy atom. The van der Waals surface area contributed by atoms with E-state index in [1.54, 1.807) is 30.3 Å². The van der Waals surface area contributed by atoms with Crippen LogP contribution in [0.2, 0.25) is 0 Å². The van der Waals surface area contributed by atoms with Crippen molar-refractivity contribution < 1.29 is 37.3 Å². The van der Waals surface area contributed by atoms with E-state index in [9.17, 15) is 18.0 Å². The van der Waals surface area contributed by atoms with Crippen molar-refractivity contribution in [3.05, 3.63) is 22.4 Å². The summed E-state index contributed by atoms with van der Waals surface area (Å²) in [6.07, 6.45) is -1.36. The normalized spacial score (nSPS) is 24.0. The van der Waals surface area contributed by atoms with Gasteiger partial charge in [-0.2, -0.15) is 24.5 Å². The minimum atomic E-state index is -5.08. The van der Waals surface area contributed by atoms with Crippen LogP contribution in [0.1, 0.15) is 24.8 Å². The van der Waals surface area contributed by atoms with Gasteiger partial charge >= 0.3 is 12.1 Å². The Morgan fingerprint density at radius 2 is 2.03 bits per heavy atom. The van der Waals surface area contributed by atoms with Gasteiger partial charge in [-0.1, -0.05) is 0 Å². The molecule has 1 aromatic rings. The summed E-state index contributed by atoms with van der Waals surface area (Å²) in [7, 11) is 3.49. The highest BCUT2D eigenvalue weighted by atomic mass is 32.1. The first kappa shape index (κ1) is 24.6. The molecule has 0 spiro atoms. The molecule has 1 aromatic heterocycles. The summed E-state index contributed by atoms with van der Waals surface area (Å²) >= 11 is 1.76. The Kier molecular flexibility index (Phi) is 9.08. The molecule has 3 atom stereocenters. The third-order valence-corrected chi connectivity index (χ3v) is 5.72. The number of thiophene rings is 1. The zero-order valence-electron chi connectivity index (χ0n) is 16.9. The van der Waals surface area contributed by atoms with Crippen LogP contribution in [0.5, 0.6) is 0 Å². The van der Waals surface area contributed by atoms with Crippen LogP contribution in [0.3, 0.4) is 0 Å². The van der Waals surface area contributed by atoms with Crippen molar-refractivity contribution in [3.63, 3.8) is 0 Å². The molecule has 2 aliphatic rings. The maximum absolute atomic E-state index is 11.5. The quantitative estimate of drug-likeness (QED) is 0.715. The second-order valence-electron chi connectivity index (χ2n) is 7.44. The molecule has 3 rings (SSSR count). The number of alkyl halides is 3. The van der Waals surface area contributed by atoms with E-state index in [1.165, 1.54) is 5.56 Å². The summed E-state index contributed by atoms with van der Waals surface area (Å²) in [6, 6.07) is 2.75. The van der Waals surface area contributed by atoms with Crippen molar-refractivity contribution in [2.24, 2.45) is 0 Å². The Balaban J connectivity index is 0.000000396. The average Bonchev–Trinajstić information content (AvgIpc) is 3.31. The molecule has 0 radical (unpaired) electrons. The van der Waals surface area contributed by atoms with E-state index >= 15 is 0 Å². The van der Waals surface area contributed by atoms with E-state index in [2.05, 4.69) is 21.7 Å². The molecule has 170 valence electrons. The molecule has 2 aliphatic heterocycles. The van der Waals surface area contributed by atoms with Gasteiger partial charge in [-0.15, -0.1) is 0 Å². The van der Waals surface area contributed by atoms with Crippen LogP contribution in [0, 0.1) is 0 Å². The molecule has 0 aromatic carbocycles. The van der Waals surface area contributed by atoms with Gasteiger partial charge in [0.1, 0.15) is 6.61 Å². The summed E-state index contributed by atoms with van der Waals surface area (Å²) in [6.45, 7) is 2.81. The van der Waals surface area contributed by atoms with Gasteiger partial charge in [0.2, 0.25) is 5.91 Å². The van der Waals surface area contributed by atoms with Crippen LogP contribution < -0.4 is 0 Å². The van der Waals surface area contributed by atoms with Gasteiger partial charge in [0.15, 0.2) is 0 Å². The Bertz CT molecular complexity index is 684. The van der Waals surface area contributed by atoms with Gasteiger partial charge in [0.05, 0.1) is 18.8 Å². The zero-order valence-corrected chi connectivity index (χ0v) is 17.7. The number of likely N-dealkylation sites (tertiary alicyclic amines) is 1. The monoisotopic (exact) mass is 452 g/mol. The van der Waals surface area contributed by atoms with E-state index in [0.29, 0.717) is 18.8 Å². The summed E-state index contributed by atoms with van der Waals surface area (Å²) in [5, 5.41) is 11.5. The number of nitrogens with zero attached hydrogens (tertiary/aromatic N) is 2. The zero-order chi connectivity index (χ0) is 22.3. The molecule has 2 saturated heterocycles. The van der Waals surface area contributed by atoms with Gasteiger partial charge in [0.25, 0.3) is 0 Å². The fraction of sp³-hybridized carbons (Fsp3) is 0.684. The van der Waals surface area contributed by atoms with Crippen LogP contribution in [0.25, 0.3) is 0 Å². The fourth-order valence-corrected chi connectivity index (χ4v) is 4.09. The lowest BCUT2D eigenvalue weighted by Crippen LogP contribution is -2.43. The first-order chi connectivity index (χ1) is 14.1. The maximum atomic E-state index is 11.5. The number of carboxylic acids is 1. The largest absolute Gasteiger partial charge is 0.490 e. The summed E-state index contributed by atoms with van der Waals surface area (Å²) < 4.78 is 43.5. The predicted octanol–water partition coefficient (Wildman–Crippen LogP) is 2.61. The van der Waals surface area contributed by atoms with Gasteiger partial charge in [-0.25, -0.2) is 4.79 Å². The molecule has 0 unspecified atom stereocenters. The maximum Gasteiger partial charge on any atom is 0.490 e. The minimum Gasteiger partial charge on any atom is -0.475 e. The number of fused-ring (bicyclic) bond motifs is 1. The number of carboxylic acid groups (broad SMARTS) is 1. The first-order valence-electron chi connectivity index (χ1n) is 9.56. The molecule has 0 saturated carbocycles. The molecule has 30 heavy (non-hydrogen) atoms. The molecule has 0 aliphatic carbocycles. The van der Waals surface area contributed by atoms with Crippen molar-refractivity contribution >= 4 is 23.2 Å². The van der Waals surface area contributed by atoms with Crippen molar-refractivity contribution in [2.75, 3.05) is 33.9 Å². The molecule has 1 N–H and O–H groups in total. The number of likely N-dealkylation sites (N-methyl/N-ethyl adjacent to an activating group) is 1. The second-order valence-corrected chi connectivity index (χ2v) is 8.22. The van der Waals surface area contributed by atoms with Crippen LogP contribution >= 0.6 is 11.3 Å². The summed E-state index contributed by atoms with van der Waals surface area (Å²) in [5.41, 5.74) is 1.41. The number of halogens is 3. The molecule has 3 heterocycles. The van der Waals surface area contributed by atoms with Crippen molar-refractivity contribution in [3.8, 4) is 0 Å².